The van der Waals surface area contributed by atoms with Gasteiger partial charge in [-0.25, -0.2) is 0 Å². The third kappa shape index (κ3) is 4.73. The second-order valence-electron chi connectivity index (χ2n) is 7.37. The minimum absolute atomic E-state index is 0.0777. The number of aliphatic hydroxyl groups is 1. The number of hydrogen-bond acceptors (Lipinski definition) is 5. The minimum atomic E-state index is -0.233. The first-order chi connectivity index (χ1) is 12.8. The van der Waals surface area contributed by atoms with Crippen LogP contribution in [0.25, 0.3) is 0 Å². The van der Waals surface area contributed by atoms with Gasteiger partial charge in [0.1, 0.15) is 11.5 Å². The predicted octanol–water partition coefficient (Wildman–Crippen LogP) is 4.11. The first kappa shape index (κ1) is 18.6. The first-order valence-electron chi connectivity index (χ1n) is 8.74. The molecule has 0 saturated carbocycles. The van der Waals surface area contributed by atoms with Crippen LogP contribution >= 0.6 is 0 Å². The van der Waals surface area contributed by atoms with Crippen molar-refractivity contribution >= 4 is 23.6 Å². The van der Waals surface area contributed by atoms with E-state index in [1.165, 1.54) is 6.21 Å². The van der Waals surface area contributed by atoms with E-state index in [0.717, 1.165) is 0 Å². The summed E-state index contributed by atoms with van der Waals surface area (Å²) < 4.78 is 5.17. The number of hydrogen-bond donors (Lipinski definition) is 2. The van der Waals surface area contributed by atoms with E-state index in [9.17, 15) is 14.7 Å². The summed E-state index contributed by atoms with van der Waals surface area (Å²) in [4.78, 5) is 28.6. The number of ketones is 1. The fourth-order valence-electron chi connectivity index (χ4n) is 2.97. The summed E-state index contributed by atoms with van der Waals surface area (Å²) in [5.74, 6) is 0.431. The van der Waals surface area contributed by atoms with Crippen molar-refractivity contribution in [2.24, 2.45) is 10.4 Å². The van der Waals surface area contributed by atoms with Crippen LogP contribution in [-0.2, 0) is 11.3 Å². The topological polar surface area (TPSA) is 91.9 Å². The lowest BCUT2D eigenvalue weighted by molar-refractivity contribution is -0.117. The maximum Gasteiger partial charge on any atom is 0.251 e. The molecule has 3 rings (SSSR count). The number of nitrogens with one attached hydrogen (secondary N) is 1. The molecule has 1 amide bonds. The van der Waals surface area contributed by atoms with Crippen LogP contribution in [0.1, 0.15) is 42.8 Å². The highest BCUT2D eigenvalue weighted by atomic mass is 16.3. The molecule has 0 unspecified atom stereocenters. The number of carbonyl (C=O) groups is 2. The Balaban J connectivity index is 1.64. The number of aliphatic hydroxyl groups excluding tert-OH is 1. The quantitative estimate of drug-likeness (QED) is 0.779. The van der Waals surface area contributed by atoms with Crippen LogP contribution in [0.4, 0.5) is 5.69 Å². The Morgan fingerprint density at radius 2 is 2.00 bits per heavy atom. The van der Waals surface area contributed by atoms with Gasteiger partial charge < -0.3 is 14.8 Å². The zero-order chi connectivity index (χ0) is 19.4. The number of nitrogens with zero attached hydrogens (tertiary/aromatic N) is 1. The Morgan fingerprint density at radius 3 is 2.63 bits per heavy atom. The second kappa shape index (κ2) is 7.61. The molecule has 2 N–H and O–H groups in total. The van der Waals surface area contributed by atoms with Gasteiger partial charge in [0, 0.05) is 24.6 Å². The number of aliphatic imine (C=N–C) groups is 1. The van der Waals surface area contributed by atoms with Gasteiger partial charge in [-0.05, 0) is 41.8 Å². The molecule has 0 saturated heterocycles. The number of furan rings is 1. The van der Waals surface area contributed by atoms with Gasteiger partial charge in [-0.1, -0.05) is 13.8 Å². The van der Waals surface area contributed by atoms with Crippen molar-refractivity contribution in [2.45, 2.75) is 33.2 Å². The molecule has 1 aliphatic carbocycles. The van der Waals surface area contributed by atoms with Crippen LogP contribution in [0.2, 0.25) is 0 Å². The van der Waals surface area contributed by atoms with Gasteiger partial charge in [0.2, 0.25) is 0 Å². The van der Waals surface area contributed by atoms with Gasteiger partial charge in [0.25, 0.3) is 5.91 Å². The summed E-state index contributed by atoms with van der Waals surface area (Å²) in [6, 6.07) is 10.2. The molecule has 0 aliphatic heterocycles. The third-order valence-corrected chi connectivity index (χ3v) is 4.37. The van der Waals surface area contributed by atoms with Gasteiger partial charge in [-0.2, -0.15) is 0 Å². The van der Waals surface area contributed by atoms with E-state index in [0.29, 0.717) is 36.4 Å². The SMILES string of the molecule is CC1(C)CC(=O)C(C=Nc2ccc(C(=O)NCc3ccco3)cc2)=C(O)C1. The fourth-order valence-corrected chi connectivity index (χ4v) is 2.97. The molecule has 0 spiro atoms. The lowest BCUT2D eigenvalue weighted by Crippen LogP contribution is -2.26. The van der Waals surface area contributed by atoms with Crippen molar-refractivity contribution < 1.29 is 19.1 Å². The van der Waals surface area contributed by atoms with Crippen LogP contribution < -0.4 is 5.32 Å². The molecule has 0 bridgehead atoms. The number of amides is 1. The molecule has 1 aromatic carbocycles. The van der Waals surface area contributed by atoms with Crippen molar-refractivity contribution in [3.63, 3.8) is 0 Å². The molecule has 6 nitrogen and oxygen atoms in total. The molecule has 6 heteroatoms. The summed E-state index contributed by atoms with van der Waals surface area (Å²) in [6.45, 7) is 4.22. The normalized spacial score (nSPS) is 16.7. The molecule has 0 radical (unpaired) electrons. The zero-order valence-electron chi connectivity index (χ0n) is 15.4. The number of carbonyl (C=O) groups excluding carboxylic acids is 2. The zero-order valence-corrected chi connectivity index (χ0v) is 15.4. The number of benzene rings is 1. The number of rotatable bonds is 5. The Labute approximate surface area is 157 Å². The van der Waals surface area contributed by atoms with E-state index in [4.69, 9.17) is 4.42 Å². The van der Waals surface area contributed by atoms with E-state index in [1.54, 1.807) is 42.7 Å². The Morgan fingerprint density at radius 1 is 1.26 bits per heavy atom. The summed E-state index contributed by atoms with van der Waals surface area (Å²) in [7, 11) is 0. The average Bonchev–Trinajstić information content (AvgIpc) is 3.12. The van der Waals surface area contributed by atoms with Crippen molar-refractivity contribution in [1.82, 2.24) is 5.32 Å². The van der Waals surface area contributed by atoms with Gasteiger partial charge in [0.15, 0.2) is 5.78 Å². The molecule has 1 aliphatic rings. The Bertz CT molecular complexity index is 891. The lowest BCUT2D eigenvalue weighted by Gasteiger charge is -2.28. The van der Waals surface area contributed by atoms with Crippen LogP contribution in [0, 0.1) is 5.41 Å². The van der Waals surface area contributed by atoms with Crippen LogP contribution in [0.5, 0.6) is 0 Å². The second-order valence-corrected chi connectivity index (χ2v) is 7.37. The van der Waals surface area contributed by atoms with Crippen LogP contribution in [0.15, 0.2) is 63.4 Å². The summed E-state index contributed by atoms with van der Waals surface area (Å²) in [5, 5.41) is 12.9. The summed E-state index contributed by atoms with van der Waals surface area (Å²) in [5.41, 5.74) is 1.12. The third-order valence-electron chi connectivity index (χ3n) is 4.37. The number of allylic oxidation sites excluding steroid dienone is 2. The van der Waals surface area contributed by atoms with E-state index < -0.39 is 0 Å². The van der Waals surface area contributed by atoms with Gasteiger partial charge in [-0.3, -0.25) is 14.6 Å². The van der Waals surface area contributed by atoms with Crippen molar-refractivity contribution in [3.8, 4) is 0 Å². The molecule has 140 valence electrons. The summed E-state index contributed by atoms with van der Waals surface area (Å²) >= 11 is 0. The van der Waals surface area contributed by atoms with E-state index in [1.807, 2.05) is 13.8 Å². The smallest absolute Gasteiger partial charge is 0.251 e. The van der Waals surface area contributed by atoms with Crippen LogP contribution in [0.3, 0.4) is 0 Å². The summed E-state index contributed by atoms with van der Waals surface area (Å²) in [6.07, 6.45) is 3.79. The van der Waals surface area contributed by atoms with Gasteiger partial charge in [0.05, 0.1) is 24.1 Å². The van der Waals surface area contributed by atoms with E-state index in [2.05, 4.69) is 10.3 Å². The first-order valence-corrected chi connectivity index (χ1v) is 8.74. The fraction of sp³-hybridized carbons (Fsp3) is 0.286. The average molecular weight is 366 g/mol. The van der Waals surface area contributed by atoms with Gasteiger partial charge >= 0.3 is 0 Å². The van der Waals surface area contributed by atoms with Crippen LogP contribution in [-0.4, -0.2) is 23.0 Å². The monoisotopic (exact) mass is 366 g/mol. The minimum Gasteiger partial charge on any atom is -0.511 e. The Kier molecular flexibility index (Phi) is 5.26. The number of Topliss-reactive ketones (excluding diaryl/α,β-unsaturated/α-hetero) is 1. The molecule has 1 heterocycles. The highest BCUT2D eigenvalue weighted by Crippen LogP contribution is 2.35. The molecule has 2 aromatic rings. The van der Waals surface area contributed by atoms with E-state index in [-0.39, 0.29) is 28.4 Å². The van der Waals surface area contributed by atoms with Crippen molar-refractivity contribution in [3.05, 3.63) is 65.3 Å². The van der Waals surface area contributed by atoms with Crippen molar-refractivity contribution in [2.75, 3.05) is 0 Å². The maximum absolute atomic E-state index is 12.2. The molecule has 0 fully saturated rings. The molecular weight excluding hydrogens is 344 g/mol. The molecule has 0 atom stereocenters. The highest BCUT2D eigenvalue weighted by molar-refractivity contribution is 6.14. The van der Waals surface area contributed by atoms with Crippen molar-refractivity contribution in [1.29, 1.82) is 0 Å². The maximum atomic E-state index is 12.2. The van der Waals surface area contributed by atoms with E-state index >= 15 is 0 Å². The molecular formula is C21H22N2O4. The Hall–Kier alpha value is -3.15. The van der Waals surface area contributed by atoms with Gasteiger partial charge in [-0.15, -0.1) is 0 Å². The standard InChI is InChI=1S/C21H22N2O4/c1-21(2)10-18(24)17(19(25)11-21)13-22-15-7-5-14(6-8-15)20(26)23-12-16-4-3-9-27-16/h3-9,13,24H,10-12H2,1-2H3,(H,23,26). The molecule has 1 aromatic heterocycles. The highest BCUT2D eigenvalue weighted by Gasteiger charge is 2.32. The largest absolute Gasteiger partial charge is 0.511 e. The predicted molar refractivity (Wildman–Crippen MR) is 102 cm³/mol. The molecule has 27 heavy (non-hydrogen) atoms. The lowest BCUT2D eigenvalue weighted by atomic mass is 9.77.